The second-order valence-electron chi connectivity index (χ2n) is 2.50. The highest BCUT2D eigenvalue weighted by Gasteiger charge is 2.03. The Morgan fingerprint density at radius 3 is 2.85 bits per heavy atom. The van der Waals surface area contributed by atoms with Gasteiger partial charge in [-0.3, -0.25) is 4.79 Å². The van der Waals surface area contributed by atoms with Crippen LogP contribution in [0, 0.1) is 5.82 Å². The van der Waals surface area contributed by atoms with Crippen LogP contribution in [0.2, 0.25) is 0 Å². The molecule has 68 valence electrons. The summed E-state index contributed by atoms with van der Waals surface area (Å²) in [4.78, 5) is 10.5. The highest BCUT2D eigenvalue weighted by atomic mass is 19.1. The lowest BCUT2D eigenvalue weighted by Gasteiger charge is -1.98. The lowest BCUT2D eigenvalue weighted by Crippen LogP contribution is -1.94. The predicted octanol–water partition coefficient (Wildman–Crippen LogP) is 1.61. The number of hydrogen-bond acceptors (Lipinski definition) is 2. The molecule has 1 rings (SSSR count). The van der Waals surface area contributed by atoms with Crippen molar-refractivity contribution < 1.29 is 9.18 Å². The van der Waals surface area contributed by atoms with Crippen LogP contribution in [0.15, 0.2) is 24.3 Å². The molecule has 1 aromatic carbocycles. The fourth-order valence-electron chi connectivity index (χ4n) is 1.02. The third kappa shape index (κ3) is 2.23. The summed E-state index contributed by atoms with van der Waals surface area (Å²) in [6, 6.07) is 4.47. The number of halogens is 1. The quantitative estimate of drug-likeness (QED) is 0.716. The van der Waals surface area contributed by atoms with Crippen molar-refractivity contribution in [3.8, 4) is 0 Å². The van der Waals surface area contributed by atoms with Gasteiger partial charge in [0.1, 0.15) is 5.82 Å². The molecule has 2 nitrogen and oxygen atoms in total. The van der Waals surface area contributed by atoms with Gasteiger partial charge in [-0.2, -0.15) is 0 Å². The Morgan fingerprint density at radius 2 is 2.23 bits per heavy atom. The Hall–Kier alpha value is -1.48. The first kappa shape index (κ1) is 9.61. The van der Waals surface area contributed by atoms with E-state index >= 15 is 0 Å². The summed E-state index contributed by atoms with van der Waals surface area (Å²) < 4.78 is 13.0. The minimum Gasteiger partial charge on any atom is -0.327 e. The van der Waals surface area contributed by atoms with Gasteiger partial charge in [0.15, 0.2) is 6.29 Å². The molecule has 0 spiro atoms. The number of carbonyl (C=O) groups is 1. The summed E-state index contributed by atoms with van der Waals surface area (Å²) in [5.74, 6) is -0.505. The zero-order valence-corrected chi connectivity index (χ0v) is 7.03. The zero-order chi connectivity index (χ0) is 9.68. The van der Waals surface area contributed by atoms with Gasteiger partial charge in [-0.05, 0) is 11.6 Å². The van der Waals surface area contributed by atoms with Gasteiger partial charge >= 0.3 is 0 Å². The summed E-state index contributed by atoms with van der Waals surface area (Å²) in [6.45, 7) is 0.370. The Bertz CT molecular complexity index is 334. The van der Waals surface area contributed by atoms with E-state index in [1.807, 2.05) is 0 Å². The highest BCUT2D eigenvalue weighted by Crippen LogP contribution is 2.12. The maximum absolute atomic E-state index is 13.0. The molecule has 13 heavy (non-hydrogen) atoms. The topological polar surface area (TPSA) is 43.1 Å². The number of benzene rings is 1. The molecular weight excluding hydrogens is 169 g/mol. The van der Waals surface area contributed by atoms with E-state index in [0.29, 0.717) is 18.4 Å². The van der Waals surface area contributed by atoms with Crippen molar-refractivity contribution >= 4 is 12.4 Å². The predicted molar refractivity (Wildman–Crippen MR) is 49.9 cm³/mol. The minimum atomic E-state index is -0.505. The number of rotatable bonds is 3. The van der Waals surface area contributed by atoms with Gasteiger partial charge in [0.2, 0.25) is 0 Å². The van der Waals surface area contributed by atoms with E-state index in [1.54, 1.807) is 24.3 Å². The maximum Gasteiger partial charge on any atom is 0.153 e. The molecule has 0 saturated heterocycles. The monoisotopic (exact) mass is 179 g/mol. The third-order valence-electron chi connectivity index (χ3n) is 1.64. The van der Waals surface area contributed by atoms with Crippen molar-refractivity contribution in [1.82, 2.24) is 0 Å². The first-order chi connectivity index (χ1) is 6.29. The molecule has 2 N–H and O–H groups in total. The van der Waals surface area contributed by atoms with E-state index in [-0.39, 0.29) is 5.56 Å². The van der Waals surface area contributed by atoms with Crippen molar-refractivity contribution in [3.63, 3.8) is 0 Å². The van der Waals surface area contributed by atoms with Gasteiger partial charge < -0.3 is 5.73 Å². The largest absolute Gasteiger partial charge is 0.327 e. The molecule has 0 aliphatic carbocycles. The molecular formula is C10H10FNO. The van der Waals surface area contributed by atoms with Gasteiger partial charge in [-0.15, -0.1) is 0 Å². The second-order valence-corrected chi connectivity index (χ2v) is 2.50. The molecule has 0 atom stereocenters. The van der Waals surface area contributed by atoms with Crippen molar-refractivity contribution in [2.75, 3.05) is 6.54 Å². The SMILES string of the molecule is NCC=Cc1cccc(F)c1C=O. The van der Waals surface area contributed by atoms with Crippen LogP contribution in [-0.4, -0.2) is 12.8 Å². The second kappa shape index (κ2) is 4.52. The third-order valence-corrected chi connectivity index (χ3v) is 1.64. The minimum absolute atomic E-state index is 0.0761. The van der Waals surface area contributed by atoms with E-state index < -0.39 is 5.82 Å². The lowest BCUT2D eigenvalue weighted by molar-refractivity contribution is 0.111. The van der Waals surface area contributed by atoms with Crippen molar-refractivity contribution in [3.05, 3.63) is 41.2 Å². The van der Waals surface area contributed by atoms with Crippen LogP contribution in [0.3, 0.4) is 0 Å². The van der Waals surface area contributed by atoms with Crippen LogP contribution >= 0.6 is 0 Å². The van der Waals surface area contributed by atoms with Crippen LogP contribution in [0.25, 0.3) is 6.08 Å². The van der Waals surface area contributed by atoms with Gasteiger partial charge in [-0.25, -0.2) is 4.39 Å². The Morgan fingerprint density at radius 1 is 1.46 bits per heavy atom. The van der Waals surface area contributed by atoms with Gasteiger partial charge in [-0.1, -0.05) is 24.3 Å². The molecule has 0 aliphatic heterocycles. The van der Waals surface area contributed by atoms with Crippen molar-refractivity contribution in [2.24, 2.45) is 5.73 Å². The van der Waals surface area contributed by atoms with E-state index in [1.165, 1.54) is 6.07 Å². The van der Waals surface area contributed by atoms with Crippen LogP contribution in [0.5, 0.6) is 0 Å². The van der Waals surface area contributed by atoms with E-state index in [2.05, 4.69) is 0 Å². The van der Waals surface area contributed by atoms with Gasteiger partial charge in [0.05, 0.1) is 5.56 Å². The van der Waals surface area contributed by atoms with Crippen molar-refractivity contribution in [1.29, 1.82) is 0 Å². The average Bonchev–Trinajstić information content (AvgIpc) is 2.15. The number of aldehydes is 1. The smallest absolute Gasteiger partial charge is 0.153 e. The van der Waals surface area contributed by atoms with E-state index in [9.17, 15) is 9.18 Å². The van der Waals surface area contributed by atoms with Crippen LogP contribution in [0.4, 0.5) is 4.39 Å². The Balaban J connectivity index is 3.12. The molecule has 0 aromatic heterocycles. The molecule has 0 unspecified atom stereocenters. The van der Waals surface area contributed by atoms with E-state index in [0.717, 1.165) is 0 Å². The van der Waals surface area contributed by atoms with Gasteiger partial charge in [0, 0.05) is 6.54 Å². The Kier molecular flexibility index (Phi) is 3.34. The molecule has 3 heteroatoms. The molecule has 1 aromatic rings. The van der Waals surface area contributed by atoms with E-state index in [4.69, 9.17) is 5.73 Å². The molecule has 0 bridgehead atoms. The normalized spacial score (nSPS) is 10.6. The number of nitrogens with two attached hydrogens (primary N) is 1. The summed E-state index contributed by atoms with van der Waals surface area (Å²) in [6.07, 6.45) is 3.81. The lowest BCUT2D eigenvalue weighted by atomic mass is 10.1. The maximum atomic E-state index is 13.0. The summed E-state index contributed by atoms with van der Waals surface area (Å²) in [5.41, 5.74) is 5.87. The first-order valence-electron chi connectivity index (χ1n) is 3.90. The summed E-state index contributed by atoms with van der Waals surface area (Å²) in [7, 11) is 0. The van der Waals surface area contributed by atoms with Gasteiger partial charge in [0.25, 0.3) is 0 Å². The van der Waals surface area contributed by atoms with Crippen LogP contribution in [-0.2, 0) is 0 Å². The number of carbonyl (C=O) groups excluding carboxylic acids is 1. The van der Waals surface area contributed by atoms with Crippen LogP contribution in [0.1, 0.15) is 15.9 Å². The van der Waals surface area contributed by atoms with Crippen molar-refractivity contribution in [2.45, 2.75) is 0 Å². The summed E-state index contributed by atoms with van der Waals surface area (Å²) >= 11 is 0. The fourth-order valence-corrected chi connectivity index (χ4v) is 1.02. The molecule has 0 heterocycles. The number of hydrogen-bond donors (Lipinski definition) is 1. The molecule has 0 saturated carbocycles. The Labute approximate surface area is 75.9 Å². The first-order valence-corrected chi connectivity index (χ1v) is 3.90. The zero-order valence-electron chi connectivity index (χ0n) is 7.03. The highest BCUT2D eigenvalue weighted by molar-refractivity contribution is 5.82. The molecule has 0 fully saturated rings. The summed E-state index contributed by atoms with van der Waals surface area (Å²) in [5, 5.41) is 0. The standard InChI is InChI=1S/C10H10FNO/c11-10-5-1-3-8(4-2-6-12)9(10)7-13/h1-5,7H,6,12H2. The average molecular weight is 179 g/mol. The molecule has 0 aliphatic rings. The molecule has 0 radical (unpaired) electrons. The fraction of sp³-hybridized carbons (Fsp3) is 0.100. The van der Waals surface area contributed by atoms with Crippen LogP contribution < -0.4 is 5.73 Å². The molecule has 0 amide bonds.